The molecule has 1 saturated carbocycles. The molecule has 1 aromatic carbocycles. The topological polar surface area (TPSA) is 52.6 Å². The number of halogens is 3. The maximum atomic E-state index is 12.9. The van der Waals surface area contributed by atoms with E-state index in [1.807, 2.05) is 0 Å². The minimum atomic E-state index is -4.40. The molecule has 0 bridgehead atoms. The summed E-state index contributed by atoms with van der Waals surface area (Å²) in [7, 11) is 0. The van der Waals surface area contributed by atoms with Crippen LogP contribution in [0.2, 0.25) is 0 Å². The lowest BCUT2D eigenvalue weighted by Gasteiger charge is -2.27. The fourth-order valence-electron chi connectivity index (χ4n) is 3.32. The van der Waals surface area contributed by atoms with Gasteiger partial charge in [-0.25, -0.2) is 4.79 Å². The number of alkyl halides is 3. The van der Waals surface area contributed by atoms with Crippen molar-refractivity contribution in [1.82, 2.24) is 10.2 Å². The molecule has 2 amide bonds. The molecule has 1 heterocycles. The first kappa shape index (κ1) is 17.1. The summed E-state index contributed by atoms with van der Waals surface area (Å²) in [4.78, 5) is 14.1. The fraction of sp³-hybridized carbons (Fsp3) is 0.588. The van der Waals surface area contributed by atoms with Gasteiger partial charge in [0.05, 0.1) is 24.3 Å². The number of hydrogen-bond acceptors (Lipinski definition) is 2. The quantitative estimate of drug-likeness (QED) is 0.882. The van der Waals surface area contributed by atoms with Gasteiger partial charge in [-0.2, -0.15) is 13.2 Å². The van der Waals surface area contributed by atoms with E-state index in [0.29, 0.717) is 12.1 Å². The largest absolute Gasteiger partial charge is 0.416 e. The molecule has 7 heteroatoms. The monoisotopic (exact) mass is 342 g/mol. The van der Waals surface area contributed by atoms with E-state index in [1.165, 1.54) is 6.07 Å². The Labute approximate surface area is 138 Å². The molecule has 1 saturated heterocycles. The number of amides is 2. The minimum Gasteiger partial charge on any atom is -0.394 e. The zero-order valence-electron chi connectivity index (χ0n) is 13.2. The number of nitrogens with zero attached hydrogens (tertiary/aromatic N) is 1. The summed E-state index contributed by atoms with van der Waals surface area (Å²) in [6, 6.07) is 4.25. The maximum Gasteiger partial charge on any atom is 0.416 e. The molecular formula is C17H21F3N2O2. The average Bonchev–Trinajstić information content (AvgIpc) is 3.27. The molecule has 3 rings (SSSR count). The Morgan fingerprint density at radius 3 is 2.71 bits per heavy atom. The van der Waals surface area contributed by atoms with Gasteiger partial charge in [-0.1, -0.05) is 12.1 Å². The first-order valence-electron chi connectivity index (χ1n) is 8.25. The molecule has 2 unspecified atom stereocenters. The molecular weight excluding hydrogens is 321 g/mol. The Morgan fingerprint density at radius 2 is 2.08 bits per heavy atom. The van der Waals surface area contributed by atoms with Crippen molar-refractivity contribution in [3.05, 3.63) is 35.4 Å². The number of aliphatic hydroxyl groups is 1. The van der Waals surface area contributed by atoms with Crippen LogP contribution in [0.25, 0.3) is 0 Å². The Kier molecular flexibility index (Phi) is 4.71. The number of hydrogen-bond donors (Lipinski definition) is 2. The van der Waals surface area contributed by atoms with E-state index in [9.17, 15) is 23.1 Å². The van der Waals surface area contributed by atoms with Crippen LogP contribution in [-0.2, 0) is 6.18 Å². The lowest BCUT2D eigenvalue weighted by molar-refractivity contribution is -0.137. The van der Waals surface area contributed by atoms with Crippen LogP contribution in [0.3, 0.4) is 0 Å². The van der Waals surface area contributed by atoms with E-state index >= 15 is 0 Å². The molecule has 1 aromatic rings. The summed E-state index contributed by atoms with van der Waals surface area (Å²) in [6.07, 6.45) is -1.03. The highest BCUT2D eigenvalue weighted by atomic mass is 19.4. The zero-order chi connectivity index (χ0) is 17.3. The standard InChI is InChI=1S/C17H21F3N2O2/c18-17(19,20)13-4-1-3-12(9-13)15(11-6-7-11)21-16(24)22-8-2-5-14(22)10-23/h1,3-4,9,11,14-15,23H,2,5-8,10H2,(H,21,24). The van der Waals surface area contributed by atoms with Gasteiger partial charge in [0.15, 0.2) is 0 Å². The molecule has 1 aliphatic carbocycles. The van der Waals surface area contributed by atoms with E-state index in [4.69, 9.17) is 0 Å². The van der Waals surface area contributed by atoms with Gasteiger partial charge in [-0.3, -0.25) is 0 Å². The number of carbonyl (C=O) groups excluding carboxylic acids is 1. The van der Waals surface area contributed by atoms with Crippen LogP contribution in [0.15, 0.2) is 24.3 Å². The lowest BCUT2D eigenvalue weighted by Crippen LogP contribution is -2.45. The SMILES string of the molecule is O=C(NC(c1cccc(C(F)(F)F)c1)C1CC1)N1CCCC1CO. The number of urea groups is 1. The van der Waals surface area contributed by atoms with Crippen LogP contribution in [0.5, 0.6) is 0 Å². The zero-order valence-corrected chi connectivity index (χ0v) is 13.2. The first-order valence-corrected chi connectivity index (χ1v) is 8.25. The number of likely N-dealkylation sites (tertiary alicyclic amines) is 1. The van der Waals surface area contributed by atoms with Gasteiger partial charge in [0.25, 0.3) is 0 Å². The van der Waals surface area contributed by atoms with Crippen molar-refractivity contribution in [2.24, 2.45) is 5.92 Å². The molecule has 2 N–H and O–H groups in total. The van der Waals surface area contributed by atoms with Crippen molar-refractivity contribution < 1.29 is 23.1 Å². The number of rotatable bonds is 4. The van der Waals surface area contributed by atoms with Gasteiger partial charge in [-0.15, -0.1) is 0 Å². The van der Waals surface area contributed by atoms with Gasteiger partial charge in [0, 0.05) is 6.54 Å². The van der Waals surface area contributed by atoms with Crippen LogP contribution >= 0.6 is 0 Å². The smallest absolute Gasteiger partial charge is 0.394 e. The van der Waals surface area contributed by atoms with E-state index in [-0.39, 0.29) is 24.6 Å². The molecule has 1 aliphatic heterocycles. The van der Waals surface area contributed by atoms with Crippen LogP contribution in [0, 0.1) is 5.92 Å². The highest BCUT2D eigenvalue weighted by Gasteiger charge is 2.38. The van der Waals surface area contributed by atoms with E-state index < -0.39 is 17.8 Å². The number of benzene rings is 1. The molecule has 132 valence electrons. The summed E-state index contributed by atoms with van der Waals surface area (Å²) in [5, 5.41) is 12.2. The molecule has 2 fully saturated rings. The van der Waals surface area contributed by atoms with Crippen molar-refractivity contribution in [2.75, 3.05) is 13.2 Å². The molecule has 2 aliphatic rings. The second-order valence-corrected chi connectivity index (χ2v) is 6.56. The molecule has 0 aromatic heterocycles. The molecule has 0 radical (unpaired) electrons. The highest BCUT2D eigenvalue weighted by Crippen LogP contribution is 2.42. The third kappa shape index (κ3) is 3.66. The summed E-state index contributed by atoms with van der Waals surface area (Å²) < 4.78 is 38.8. The minimum absolute atomic E-state index is 0.0922. The Balaban J connectivity index is 1.77. The van der Waals surface area contributed by atoms with E-state index in [0.717, 1.165) is 37.8 Å². The molecule has 2 atom stereocenters. The second-order valence-electron chi connectivity index (χ2n) is 6.56. The Bertz CT molecular complexity index is 602. The number of nitrogens with one attached hydrogen (secondary N) is 1. The fourth-order valence-corrected chi connectivity index (χ4v) is 3.32. The Morgan fingerprint density at radius 1 is 1.33 bits per heavy atom. The highest BCUT2D eigenvalue weighted by molar-refractivity contribution is 5.75. The third-order valence-corrected chi connectivity index (χ3v) is 4.79. The first-order chi connectivity index (χ1) is 11.4. The van der Waals surface area contributed by atoms with Crippen molar-refractivity contribution >= 4 is 6.03 Å². The Hall–Kier alpha value is -1.76. The second kappa shape index (κ2) is 6.63. The van der Waals surface area contributed by atoms with Crippen molar-refractivity contribution in [3.8, 4) is 0 Å². The summed E-state index contributed by atoms with van der Waals surface area (Å²) in [5.74, 6) is 0.174. The van der Waals surface area contributed by atoms with Gasteiger partial charge < -0.3 is 15.3 Å². The predicted molar refractivity (Wildman–Crippen MR) is 82.3 cm³/mol. The summed E-state index contributed by atoms with van der Waals surface area (Å²) in [5.41, 5.74) is -0.213. The van der Waals surface area contributed by atoms with Gasteiger partial charge in [0.2, 0.25) is 0 Å². The van der Waals surface area contributed by atoms with Crippen LogP contribution in [0.1, 0.15) is 42.9 Å². The van der Waals surface area contributed by atoms with Crippen molar-refractivity contribution in [3.63, 3.8) is 0 Å². The molecule has 0 spiro atoms. The van der Waals surface area contributed by atoms with Gasteiger partial charge in [0.1, 0.15) is 0 Å². The average molecular weight is 342 g/mol. The number of carbonyl (C=O) groups is 1. The van der Waals surface area contributed by atoms with Crippen molar-refractivity contribution in [1.29, 1.82) is 0 Å². The van der Waals surface area contributed by atoms with Crippen LogP contribution < -0.4 is 5.32 Å². The van der Waals surface area contributed by atoms with Gasteiger partial charge in [-0.05, 0) is 49.3 Å². The van der Waals surface area contributed by atoms with Crippen LogP contribution in [0.4, 0.5) is 18.0 Å². The predicted octanol–water partition coefficient (Wildman–Crippen LogP) is 3.32. The van der Waals surface area contributed by atoms with E-state index in [2.05, 4.69) is 5.32 Å². The normalized spacial score (nSPS) is 22.5. The van der Waals surface area contributed by atoms with Crippen LogP contribution in [-0.4, -0.2) is 35.2 Å². The third-order valence-electron chi connectivity index (χ3n) is 4.79. The lowest BCUT2D eigenvalue weighted by atomic mass is 10.00. The van der Waals surface area contributed by atoms with E-state index in [1.54, 1.807) is 11.0 Å². The number of aliphatic hydroxyl groups excluding tert-OH is 1. The maximum absolute atomic E-state index is 12.9. The molecule has 4 nitrogen and oxygen atoms in total. The summed E-state index contributed by atoms with van der Waals surface area (Å²) in [6.45, 7) is 0.474. The van der Waals surface area contributed by atoms with Crippen molar-refractivity contribution in [2.45, 2.75) is 43.9 Å². The summed E-state index contributed by atoms with van der Waals surface area (Å²) >= 11 is 0. The van der Waals surface area contributed by atoms with Gasteiger partial charge >= 0.3 is 12.2 Å². The molecule has 24 heavy (non-hydrogen) atoms.